The number of hydrogen-bond donors (Lipinski definition) is 2. The Morgan fingerprint density at radius 2 is 2.16 bits per heavy atom. The lowest BCUT2D eigenvalue weighted by molar-refractivity contribution is 0.00337. The van der Waals surface area contributed by atoms with Crippen molar-refractivity contribution < 1.29 is 4.74 Å². The normalized spacial score (nSPS) is 24.8. The van der Waals surface area contributed by atoms with Crippen LogP contribution in [0.25, 0.3) is 0 Å². The SMILES string of the molecule is CCNC1CC2(CCNCC2)Oc2ccc(C)cc21. The minimum absolute atomic E-state index is 0.0420. The summed E-state index contributed by atoms with van der Waals surface area (Å²) in [6, 6.07) is 7.02. The Morgan fingerprint density at radius 1 is 1.37 bits per heavy atom. The molecule has 3 nitrogen and oxygen atoms in total. The van der Waals surface area contributed by atoms with Crippen molar-refractivity contribution in [2.24, 2.45) is 0 Å². The van der Waals surface area contributed by atoms with Crippen LogP contribution < -0.4 is 15.4 Å². The van der Waals surface area contributed by atoms with Gasteiger partial charge in [-0.3, -0.25) is 0 Å². The van der Waals surface area contributed by atoms with Gasteiger partial charge in [0.15, 0.2) is 0 Å². The number of hydrogen-bond acceptors (Lipinski definition) is 3. The fraction of sp³-hybridized carbons (Fsp3) is 0.625. The number of nitrogens with one attached hydrogen (secondary N) is 2. The molecule has 19 heavy (non-hydrogen) atoms. The van der Waals surface area contributed by atoms with Gasteiger partial charge in [0.2, 0.25) is 0 Å². The molecule has 1 atom stereocenters. The Labute approximate surface area is 115 Å². The van der Waals surface area contributed by atoms with Gasteiger partial charge in [0, 0.05) is 18.0 Å². The average Bonchev–Trinajstić information content (AvgIpc) is 2.41. The maximum absolute atomic E-state index is 6.41. The number of piperidine rings is 1. The van der Waals surface area contributed by atoms with E-state index in [4.69, 9.17) is 4.74 Å². The monoisotopic (exact) mass is 260 g/mol. The van der Waals surface area contributed by atoms with Crippen molar-refractivity contribution in [2.45, 2.75) is 44.8 Å². The molecule has 2 heterocycles. The van der Waals surface area contributed by atoms with Gasteiger partial charge in [0.1, 0.15) is 11.4 Å². The largest absolute Gasteiger partial charge is 0.487 e. The van der Waals surface area contributed by atoms with Crippen LogP contribution in [0.4, 0.5) is 0 Å². The van der Waals surface area contributed by atoms with E-state index < -0.39 is 0 Å². The van der Waals surface area contributed by atoms with Crippen LogP contribution in [0.2, 0.25) is 0 Å². The second-order valence-corrected chi connectivity index (χ2v) is 5.89. The van der Waals surface area contributed by atoms with E-state index in [1.165, 1.54) is 11.1 Å². The van der Waals surface area contributed by atoms with E-state index >= 15 is 0 Å². The molecule has 1 unspecified atom stereocenters. The molecule has 1 fully saturated rings. The van der Waals surface area contributed by atoms with E-state index in [0.717, 1.165) is 44.6 Å². The van der Waals surface area contributed by atoms with Crippen molar-refractivity contribution in [1.29, 1.82) is 0 Å². The van der Waals surface area contributed by atoms with Crippen molar-refractivity contribution >= 4 is 0 Å². The molecule has 1 aromatic carbocycles. The summed E-state index contributed by atoms with van der Waals surface area (Å²) in [5.74, 6) is 1.09. The van der Waals surface area contributed by atoms with Crippen molar-refractivity contribution in [2.75, 3.05) is 19.6 Å². The first-order valence-electron chi connectivity index (χ1n) is 7.46. The second-order valence-electron chi connectivity index (χ2n) is 5.89. The molecule has 0 amide bonds. The van der Waals surface area contributed by atoms with E-state index in [1.807, 2.05) is 0 Å². The number of aryl methyl sites for hydroxylation is 1. The van der Waals surface area contributed by atoms with Crippen LogP contribution in [0.1, 0.15) is 43.4 Å². The Hall–Kier alpha value is -1.06. The van der Waals surface area contributed by atoms with Gasteiger partial charge in [0.05, 0.1) is 0 Å². The minimum atomic E-state index is 0.0420. The summed E-state index contributed by atoms with van der Waals surface area (Å²) < 4.78 is 6.41. The highest BCUT2D eigenvalue weighted by molar-refractivity contribution is 5.41. The van der Waals surface area contributed by atoms with Crippen molar-refractivity contribution in [3.05, 3.63) is 29.3 Å². The number of benzene rings is 1. The zero-order valence-electron chi connectivity index (χ0n) is 12.0. The van der Waals surface area contributed by atoms with Crippen molar-refractivity contribution in [1.82, 2.24) is 10.6 Å². The summed E-state index contributed by atoms with van der Waals surface area (Å²) in [6.45, 7) is 7.48. The standard InChI is InChI=1S/C16H24N2O/c1-3-18-14-11-16(6-8-17-9-7-16)19-15-5-4-12(2)10-13(14)15/h4-5,10,14,17-18H,3,6-9,11H2,1-2H3. The minimum Gasteiger partial charge on any atom is -0.487 e. The fourth-order valence-electron chi connectivity index (χ4n) is 3.41. The van der Waals surface area contributed by atoms with Crippen molar-refractivity contribution in [3.63, 3.8) is 0 Å². The highest BCUT2D eigenvalue weighted by Gasteiger charge is 2.41. The lowest BCUT2D eigenvalue weighted by Crippen LogP contribution is -2.50. The molecule has 3 heteroatoms. The van der Waals surface area contributed by atoms with Crippen LogP contribution in [-0.2, 0) is 0 Å². The van der Waals surface area contributed by atoms with Gasteiger partial charge in [0.25, 0.3) is 0 Å². The first-order chi connectivity index (χ1) is 9.22. The van der Waals surface area contributed by atoms with Gasteiger partial charge in [-0.25, -0.2) is 0 Å². The predicted molar refractivity (Wildman–Crippen MR) is 77.7 cm³/mol. The summed E-state index contributed by atoms with van der Waals surface area (Å²) in [5, 5.41) is 7.07. The van der Waals surface area contributed by atoms with Crippen LogP contribution in [0.3, 0.4) is 0 Å². The Balaban J connectivity index is 1.94. The van der Waals surface area contributed by atoms with Crippen molar-refractivity contribution in [3.8, 4) is 5.75 Å². The predicted octanol–water partition coefficient (Wildman–Crippen LogP) is 2.55. The molecule has 0 bridgehead atoms. The van der Waals surface area contributed by atoms with Gasteiger partial charge in [-0.15, -0.1) is 0 Å². The molecular formula is C16H24N2O. The quantitative estimate of drug-likeness (QED) is 0.857. The van der Waals surface area contributed by atoms with E-state index in [1.54, 1.807) is 0 Å². The first-order valence-corrected chi connectivity index (χ1v) is 7.46. The van der Waals surface area contributed by atoms with Crippen LogP contribution in [0.5, 0.6) is 5.75 Å². The number of rotatable bonds is 2. The van der Waals surface area contributed by atoms with Crippen LogP contribution in [-0.4, -0.2) is 25.2 Å². The van der Waals surface area contributed by atoms with E-state index in [0.29, 0.717) is 6.04 Å². The van der Waals surface area contributed by atoms with Gasteiger partial charge >= 0.3 is 0 Å². The number of ether oxygens (including phenoxy) is 1. The number of fused-ring (bicyclic) bond motifs is 1. The van der Waals surface area contributed by atoms with E-state index in [2.05, 4.69) is 42.7 Å². The van der Waals surface area contributed by atoms with Gasteiger partial charge in [-0.05, 0) is 45.5 Å². The molecule has 104 valence electrons. The molecule has 0 aliphatic carbocycles. The molecular weight excluding hydrogens is 236 g/mol. The zero-order valence-corrected chi connectivity index (χ0v) is 12.0. The van der Waals surface area contributed by atoms with Crippen LogP contribution in [0.15, 0.2) is 18.2 Å². The Bertz CT molecular complexity index is 452. The maximum atomic E-state index is 6.41. The average molecular weight is 260 g/mol. The summed E-state index contributed by atoms with van der Waals surface area (Å²) in [4.78, 5) is 0. The maximum Gasteiger partial charge on any atom is 0.124 e. The smallest absolute Gasteiger partial charge is 0.124 e. The summed E-state index contributed by atoms with van der Waals surface area (Å²) >= 11 is 0. The molecule has 1 spiro atoms. The lowest BCUT2D eigenvalue weighted by Gasteiger charge is -2.45. The van der Waals surface area contributed by atoms with Crippen LogP contribution >= 0.6 is 0 Å². The molecule has 2 aliphatic rings. The molecule has 1 aromatic rings. The molecule has 0 aromatic heterocycles. The van der Waals surface area contributed by atoms with Gasteiger partial charge < -0.3 is 15.4 Å². The highest BCUT2D eigenvalue weighted by atomic mass is 16.5. The summed E-state index contributed by atoms with van der Waals surface area (Å²) in [5.41, 5.74) is 2.69. The Morgan fingerprint density at radius 3 is 2.89 bits per heavy atom. The summed E-state index contributed by atoms with van der Waals surface area (Å²) in [6.07, 6.45) is 3.32. The van der Waals surface area contributed by atoms with Gasteiger partial charge in [-0.2, -0.15) is 0 Å². The molecule has 0 saturated carbocycles. The molecule has 1 saturated heterocycles. The summed E-state index contributed by atoms with van der Waals surface area (Å²) in [7, 11) is 0. The second kappa shape index (κ2) is 5.14. The van der Waals surface area contributed by atoms with E-state index in [-0.39, 0.29) is 5.60 Å². The molecule has 3 rings (SSSR count). The molecule has 0 radical (unpaired) electrons. The van der Waals surface area contributed by atoms with Crippen LogP contribution in [0, 0.1) is 6.92 Å². The zero-order chi connectivity index (χ0) is 13.3. The third kappa shape index (κ3) is 2.49. The third-order valence-electron chi connectivity index (χ3n) is 4.41. The topological polar surface area (TPSA) is 33.3 Å². The molecule has 2 aliphatic heterocycles. The Kier molecular flexibility index (Phi) is 3.50. The lowest BCUT2D eigenvalue weighted by atomic mass is 9.81. The van der Waals surface area contributed by atoms with E-state index in [9.17, 15) is 0 Å². The fourth-order valence-corrected chi connectivity index (χ4v) is 3.41. The highest BCUT2D eigenvalue weighted by Crippen LogP contribution is 2.43. The first kappa shape index (κ1) is 12.9. The molecule has 2 N–H and O–H groups in total. The van der Waals surface area contributed by atoms with Gasteiger partial charge in [-0.1, -0.05) is 24.6 Å². The third-order valence-corrected chi connectivity index (χ3v) is 4.41.